The molecule has 0 N–H and O–H groups in total. The average molecular weight is 205 g/mol. The Morgan fingerprint density at radius 2 is 2.29 bits per heavy atom. The molecule has 0 aromatic rings. The molecule has 2 heterocycles. The highest BCUT2D eigenvalue weighted by molar-refractivity contribution is 5.05. The van der Waals surface area contributed by atoms with Crippen molar-refractivity contribution in [1.29, 1.82) is 0 Å². The number of nitrogens with zero attached hydrogens (tertiary/aromatic N) is 1. The van der Waals surface area contributed by atoms with Crippen molar-refractivity contribution in [2.75, 3.05) is 20.3 Å². The second-order valence-corrected chi connectivity index (χ2v) is 4.39. The van der Waals surface area contributed by atoms with Crippen molar-refractivity contribution in [2.45, 2.75) is 43.7 Å². The molecule has 2 atom stereocenters. The van der Waals surface area contributed by atoms with E-state index in [1.807, 2.05) is 4.90 Å². The third kappa shape index (κ3) is 1.44. The van der Waals surface area contributed by atoms with Gasteiger partial charge in [0.1, 0.15) is 0 Å². The summed E-state index contributed by atoms with van der Waals surface area (Å²) in [4.78, 5) is 1.99. The molecular weight excluding hydrogens is 188 g/mol. The van der Waals surface area contributed by atoms with Gasteiger partial charge in [-0.25, -0.2) is 8.78 Å². The van der Waals surface area contributed by atoms with Crippen LogP contribution in [0.15, 0.2) is 0 Å². The van der Waals surface area contributed by atoms with E-state index in [0.717, 1.165) is 25.8 Å². The summed E-state index contributed by atoms with van der Waals surface area (Å²) in [6, 6.07) is -0.521. The number of rotatable bonds is 3. The molecule has 2 saturated heterocycles. The summed E-state index contributed by atoms with van der Waals surface area (Å²) >= 11 is 0. The van der Waals surface area contributed by atoms with E-state index in [0.29, 0.717) is 13.0 Å². The molecule has 2 nitrogen and oxygen atoms in total. The second kappa shape index (κ2) is 3.74. The lowest BCUT2D eigenvalue weighted by Gasteiger charge is -2.34. The number of halogens is 2. The molecular formula is C10H17F2NO. The van der Waals surface area contributed by atoms with Crippen molar-refractivity contribution in [3.05, 3.63) is 0 Å². The van der Waals surface area contributed by atoms with E-state index < -0.39 is 12.5 Å². The first kappa shape index (κ1) is 10.3. The number of alkyl halides is 2. The molecule has 4 heteroatoms. The summed E-state index contributed by atoms with van der Waals surface area (Å²) in [6.45, 7) is 1.43. The van der Waals surface area contributed by atoms with Crippen molar-refractivity contribution in [3.63, 3.8) is 0 Å². The topological polar surface area (TPSA) is 12.5 Å². The fraction of sp³-hybridized carbons (Fsp3) is 1.00. The molecule has 0 spiro atoms. The number of hydrogen-bond acceptors (Lipinski definition) is 2. The molecule has 0 bridgehead atoms. The summed E-state index contributed by atoms with van der Waals surface area (Å²) in [5, 5.41) is 0. The van der Waals surface area contributed by atoms with Crippen molar-refractivity contribution >= 4 is 0 Å². The van der Waals surface area contributed by atoms with Gasteiger partial charge in [-0.3, -0.25) is 4.90 Å². The molecule has 2 aliphatic rings. The van der Waals surface area contributed by atoms with Gasteiger partial charge in [0.2, 0.25) is 0 Å². The highest BCUT2D eigenvalue weighted by Crippen LogP contribution is 2.44. The fourth-order valence-corrected chi connectivity index (χ4v) is 3.08. The predicted octanol–water partition coefficient (Wildman–Crippen LogP) is 1.89. The second-order valence-electron chi connectivity index (χ2n) is 4.39. The van der Waals surface area contributed by atoms with Crippen LogP contribution >= 0.6 is 0 Å². The number of fused-ring (bicyclic) bond motifs is 1. The van der Waals surface area contributed by atoms with Crippen LogP contribution in [0, 0.1) is 0 Å². The summed E-state index contributed by atoms with van der Waals surface area (Å²) in [5.74, 6) is 0. The molecule has 0 unspecified atom stereocenters. The minimum Gasteiger partial charge on any atom is -0.383 e. The standard InChI is InChI=1S/C10H17F2NO/c1-14-7-10-4-2-6-13(10)8(3-5-10)9(11)12/h8-9H,2-7H2,1H3/t8-,10-/m1/s1. The maximum absolute atomic E-state index is 12.7. The van der Waals surface area contributed by atoms with E-state index in [4.69, 9.17) is 4.74 Å². The van der Waals surface area contributed by atoms with Crippen LogP contribution in [-0.2, 0) is 4.74 Å². The fourth-order valence-electron chi connectivity index (χ4n) is 3.08. The monoisotopic (exact) mass is 205 g/mol. The Labute approximate surface area is 83.2 Å². The minimum absolute atomic E-state index is 0.0597. The molecule has 0 radical (unpaired) electrons. The molecule has 82 valence electrons. The first-order valence-electron chi connectivity index (χ1n) is 5.23. The number of hydrogen-bond donors (Lipinski definition) is 0. The lowest BCUT2D eigenvalue weighted by molar-refractivity contribution is -0.00281. The molecule has 2 aliphatic heterocycles. The maximum Gasteiger partial charge on any atom is 0.253 e. The highest BCUT2D eigenvalue weighted by atomic mass is 19.3. The van der Waals surface area contributed by atoms with Crippen molar-refractivity contribution in [3.8, 4) is 0 Å². The van der Waals surface area contributed by atoms with Crippen LogP contribution in [0.25, 0.3) is 0 Å². The van der Waals surface area contributed by atoms with Gasteiger partial charge in [0.25, 0.3) is 6.43 Å². The van der Waals surface area contributed by atoms with E-state index in [-0.39, 0.29) is 5.54 Å². The van der Waals surface area contributed by atoms with Gasteiger partial charge in [0, 0.05) is 12.6 Å². The molecule has 2 rings (SSSR count). The summed E-state index contributed by atoms with van der Waals surface area (Å²) in [5.41, 5.74) is -0.0597. The van der Waals surface area contributed by atoms with Gasteiger partial charge in [-0.15, -0.1) is 0 Å². The van der Waals surface area contributed by atoms with Gasteiger partial charge in [-0.2, -0.15) is 0 Å². The van der Waals surface area contributed by atoms with E-state index in [1.54, 1.807) is 7.11 Å². The molecule has 2 fully saturated rings. The zero-order valence-corrected chi connectivity index (χ0v) is 8.51. The van der Waals surface area contributed by atoms with Crippen LogP contribution in [-0.4, -0.2) is 43.2 Å². The van der Waals surface area contributed by atoms with Gasteiger partial charge >= 0.3 is 0 Å². The van der Waals surface area contributed by atoms with Gasteiger partial charge < -0.3 is 4.74 Å². The first-order valence-corrected chi connectivity index (χ1v) is 5.23. The quantitative estimate of drug-likeness (QED) is 0.697. The zero-order valence-electron chi connectivity index (χ0n) is 8.51. The van der Waals surface area contributed by atoms with Gasteiger partial charge in [0.05, 0.1) is 12.6 Å². The smallest absolute Gasteiger partial charge is 0.253 e. The van der Waals surface area contributed by atoms with Crippen LogP contribution in [0.5, 0.6) is 0 Å². The Balaban J connectivity index is 2.11. The Bertz CT molecular complexity index is 212. The summed E-state index contributed by atoms with van der Waals surface area (Å²) in [6.07, 6.45) is 1.35. The molecule has 14 heavy (non-hydrogen) atoms. The lowest BCUT2D eigenvalue weighted by Crippen LogP contribution is -2.47. The maximum atomic E-state index is 12.7. The molecule has 0 amide bonds. The van der Waals surface area contributed by atoms with Gasteiger partial charge in [-0.05, 0) is 32.2 Å². The summed E-state index contributed by atoms with van der Waals surface area (Å²) in [7, 11) is 1.65. The van der Waals surface area contributed by atoms with Crippen LogP contribution in [0.4, 0.5) is 8.78 Å². The number of methoxy groups -OCH3 is 1. The summed E-state index contributed by atoms with van der Waals surface area (Å²) < 4.78 is 30.6. The third-order valence-corrected chi connectivity index (χ3v) is 3.66. The normalized spacial score (nSPS) is 38.1. The van der Waals surface area contributed by atoms with Crippen LogP contribution in [0.3, 0.4) is 0 Å². The SMILES string of the molecule is COC[C@]12CCCN1[C@@H](C(F)F)CC2. The Kier molecular flexibility index (Phi) is 2.75. The predicted molar refractivity (Wildman–Crippen MR) is 49.6 cm³/mol. The number of ether oxygens (including phenoxy) is 1. The van der Waals surface area contributed by atoms with Crippen molar-refractivity contribution in [2.24, 2.45) is 0 Å². The Morgan fingerprint density at radius 3 is 2.93 bits per heavy atom. The van der Waals surface area contributed by atoms with Crippen LogP contribution in [0.2, 0.25) is 0 Å². The molecule has 0 aliphatic carbocycles. The Hall–Kier alpha value is -0.220. The average Bonchev–Trinajstić information content (AvgIpc) is 2.61. The minimum atomic E-state index is -2.20. The van der Waals surface area contributed by atoms with E-state index in [2.05, 4.69) is 0 Å². The lowest BCUT2D eigenvalue weighted by atomic mass is 9.95. The molecule has 0 aromatic heterocycles. The van der Waals surface area contributed by atoms with Crippen LogP contribution < -0.4 is 0 Å². The largest absolute Gasteiger partial charge is 0.383 e. The van der Waals surface area contributed by atoms with Crippen molar-refractivity contribution < 1.29 is 13.5 Å². The first-order chi connectivity index (χ1) is 6.69. The highest BCUT2D eigenvalue weighted by Gasteiger charge is 2.51. The van der Waals surface area contributed by atoms with Crippen LogP contribution in [0.1, 0.15) is 25.7 Å². The molecule has 0 aromatic carbocycles. The van der Waals surface area contributed by atoms with Gasteiger partial charge in [0.15, 0.2) is 0 Å². The Morgan fingerprint density at radius 1 is 1.50 bits per heavy atom. The van der Waals surface area contributed by atoms with E-state index in [1.165, 1.54) is 0 Å². The zero-order chi connectivity index (χ0) is 10.2. The van der Waals surface area contributed by atoms with E-state index >= 15 is 0 Å². The molecule has 0 saturated carbocycles. The third-order valence-electron chi connectivity index (χ3n) is 3.66. The van der Waals surface area contributed by atoms with E-state index in [9.17, 15) is 8.78 Å². The van der Waals surface area contributed by atoms with Crippen molar-refractivity contribution in [1.82, 2.24) is 4.90 Å². The van der Waals surface area contributed by atoms with Gasteiger partial charge in [-0.1, -0.05) is 0 Å².